The molecule has 25 heavy (non-hydrogen) atoms. The summed E-state index contributed by atoms with van der Waals surface area (Å²) in [5.74, 6) is -4.20. The number of hydrogen-bond donors (Lipinski definition) is 1. The summed E-state index contributed by atoms with van der Waals surface area (Å²) in [5, 5.41) is 0. The fourth-order valence-electron chi connectivity index (χ4n) is 1.76. The first-order chi connectivity index (χ1) is 11.1. The molecule has 1 aromatic carbocycles. The van der Waals surface area contributed by atoms with E-state index in [1.165, 1.54) is 6.92 Å². The average molecular weight is 387 g/mol. The van der Waals surface area contributed by atoms with Gasteiger partial charge in [-0.3, -0.25) is 0 Å². The third-order valence-corrected chi connectivity index (χ3v) is 2.57. The molecule has 0 saturated carbocycles. The van der Waals surface area contributed by atoms with Crippen molar-refractivity contribution in [1.82, 2.24) is 0 Å². The molecule has 0 radical (unpaired) electrons. The van der Waals surface area contributed by atoms with Gasteiger partial charge in [-0.2, -0.15) is 0 Å². The Bertz CT molecular complexity index is 558. The first kappa shape index (κ1) is 21.0. The van der Waals surface area contributed by atoms with Crippen LogP contribution in [-0.4, -0.2) is 19.1 Å². The van der Waals surface area contributed by atoms with Crippen LogP contribution in [0.2, 0.25) is 0 Å². The summed E-state index contributed by atoms with van der Waals surface area (Å²) < 4.78 is 122. The first-order valence-corrected chi connectivity index (χ1v) is 6.32. The fourth-order valence-corrected chi connectivity index (χ4v) is 1.76. The summed E-state index contributed by atoms with van der Waals surface area (Å²) in [7, 11) is 0. The van der Waals surface area contributed by atoms with E-state index in [9.17, 15) is 39.5 Å². The van der Waals surface area contributed by atoms with Crippen molar-refractivity contribution in [3.8, 4) is 17.2 Å². The van der Waals surface area contributed by atoms with Gasteiger partial charge in [0.25, 0.3) is 0 Å². The van der Waals surface area contributed by atoms with Crippen molar-refractivity contribution in [3.05, 3.63) is 17.7 Å². The molecule has 0 saturated heterocycles. The van der Waals surface area contributed by atoms with E-state index in [1.54, 1.807) is 0 Å². The zero-order chi connectivity index (χ0) is 19.6. The molecule has 0 aliphatic carbocycles. The number of hydrogen-bond acceptors (Lipinski definition) is 4. The van der Waals surface area contributed by atoms with Crippen LogP contribution in [0.4, 0.5) is 39.5 Å². The molecule has 4 nitrogen and oxygen atoms in total. The average Bonchev–Trinajstić information content (AvgIpc) is 2.31. The predicted molar refractivity (Wildman–Crippen MR) is 63.7 cm³/mol. The topological polar surface area (TPSA) is 53.7 Å². The van der Waals surface area contributed by atoms with Gasteiger partial charge in [0.15, 0.2) is 0 Å². The van der Waals surface area contributed by atoms with E-state index in [2.05, 4.69) is 14.2 Å². The number of alkyl halides is 9. The van der Waals surface area contributed by atoms with E-state index in [-0.39, 0.29) is 18.6 Å². The second-order valence-electron chi connectivity index (χ2n) is 4.49. The number of nitrogens with two attached hydrogens (primary N) is 1. The second-order valence-corrected chi connectivity index (χ2v) is 4.49. The summed E-state index contributed by atoms with van der Waals surface area (Å²) >= 11 is 0. The Morgan fingerprint density at radius 2 is 1.16 bits per heavy atom. The van der Waals surface area contributed by atoms with Crippen LogP contribution in [0.25, 0.3) is 0 Å². The second kappa shape index (κ2) is 7.06. The summed E-state index contributed by atoms with van der Waals surface area (Å²) in [6, 6.07) is -1.21. The first-order valence-electron chi connectivity index (χ1n) is 6.32. The fraction of sp³-hybridized carbons (Fsp3) is 0.500. The van der Waals surface area contributed by atoms with Gasteiger partial charge >= 0.3 is 19.1 Å². The van der Waals surface area contributed by atoms with Crippen LogP contribution in [-0.2, 0) is 0 Å². The molecule has 0 aromatic heterocycles. The smallest absolute Gasteiger partial charge is 0.406 e. The molecule has 0 heterocycles. The van der Waals surface area contributed by atoms with Crippen molar-refractivity contribution in [1.29, 1.82) is 0 Å². The Hall–Kier alpha value is -2.05. The van der Waals surface area contributed by atoms with Crippen LogP contribution in [0.1, 0.15) is 24.9 Å². The summed E-state index contributed by atoms with van der Waals surface area (Å²) in [4.78, 5) is 0. The Morgan fingerprint density at radius 3 is 1.44 bits per heavy atom. The number of halogens is 9. The van der Waals surface area contributed by atoms with Gasteiger partial charge in [0.1, 0.15) is 17.2 Å². The molecule has 0 fully saturated rings. The lowest BCUT2D eigenvalue weighted by Gasteiger charge is -2.22. The molecule has 144 valence electrons. The van der Waals surface area contributed by atoms with Crippen molar-refractivity contribution in [2.75, 3.05) is 0 Å². The number of benzene rings is 1. The quantitative estimate of drug-likeness (QED) is 0.738. The van der Waals surface area contributed by atoms with Gasteiger partial charge in [0.05, 0.1) is 5.56 Å². The van der Waals surface area contributed by atoms with Gasteiger partial charge in [-0.15, -0.1) is 39.5 Å². The van der Waals surface area contributed by atoms with Crippen LogP contribution < -0.4 is 19.9 Å². The SMILES string of the molecule is CCC(N)c1c(OC(F)(F)F)cc(OC(F)(F)F)cc1OC(F)(F)F. The minimum absolute atomic E-state index is 0.120. The molecule has 1 unspecified atom stereocenters. The van der Waals surface area contributed by atoms with Gasteiger partial charge in [0.2, 0.25) is 0 Å². The number of rotatable bonds is 5. The van der Waals surface area contributed by atoms with Gasteiger partial charge in [0, 0.05) is 18.2 Å². The maximum Gasteiger partial charge on any atom is 0.573 e. The molecular weight excluding hydrogens is 377 g/mol. The molecule has 0 aliphatic rings. The minimum atomic E-state index is -5.41. The van der Waals surface area contributed by atoms with E-state index in [1.807, 2.05) is 0 Å². The highest BCUT2D eigenvalue weighted by atomic mass is 19.4. The molecule has 1 rings (SSSR count). The summed E-state index contributed by atoms with van der Waals surface area (Å²) in [6.07, 6.45) is -16.4. The van der Waals surface area contributed by atoms with Gasteiger partial charge < -0.3 is 19.9 Å². The van der Waals surface area contributed by atoms with Crippen molar-refractivity contribution in [2.45, 2.75) is 38.5 Å². The Balaban J connectivity index is 3.56. The standard InChI is InChI=1S/C12H10F9NO3/c1-2-6(22)9-7(24-11(16,17)18)3-5(23-10(13,14)15)4-8(9)25-12(19,20)21/h3-4,6H,2,22H2,1H3. The van der Waals surface area contributed by atoms with E-state index >= 15 is 0 Å². The van der Waals surface area contributed by atoms with Crippen LogP contribution in [0, 0.1) is 0 Å². The lowest BCUT2D eigenvalue weighted by molar-refractivity contribution is -0.278. The third-order valence-electron chi connectivity index (χ3n) is 2.57. The Kier molecular flexibility index (Phi) is 5.93. The van der Waals surface area contributed by atoms with Gasteiger partial charge in [-0.1, -0.05) is 6.92 Å². The molecular formula is C12H10F9NO3. The van der Waals surface area contributed by atoms with Crippen molar-refractivity contribution >= 4 is 0 Å². The van der Waals surface area contributed by atoms with E-state index in [4.69, 9.17) is 5.73 Å². The van der Waals surface area contributed by atoms with Crippen LogP contribution in [0.15, 0.2) is 12.1 Å². The van der Waals surface area contributed by atoms with Gasteiger partial charge in [-0.05, 0) is 6.42 Å². The third kappa shape index (κ3) is 7.15. The summed E-state index contributed by atoms with van der Waals surface area (Å²) in [6.45, 7) is 1.32. The molecule has 1 aromatic rings. The molecule has 13 heteroatoms. The van der Waals surface area contributed by atoms with E-state index in [0.29, 0.717) is 0 Å². The maximum absolute atomic E-state index is 12.4. The summed E-state index contributed by atoms with van der Waals surface area (Å²) in [5.41, 5.74) is 4.54. The Labute approximate surface area is 134 Å². The van der Waals surface area contributed by atoms with E-state index < -0.39 is 47.9 Å². The highest BCUT2D eigenvalue weighted by Gasteiger charge is 2.39. The number of ether oxygens (including phenoxy) is 3. The zero-order valence-electron chi connectivity index (χ0n) is 12.1. The van der Waals surface area contributed by atoms with Gasteiger partial charge in [-0.25, -0.2) is 0 Å². The monoisotopic (exact) mass is 387 g/mol. The predicted octanol–water partition coefficient (Wildman–Crippen LogP) is 4.79. The van der Waals surface area contributed by atoms with Crippen LogP contribution in [0.5, 0.6) is 17.2 Å². The van der Waals surface area contributed by atoms with Crippen LogP contribution in [0.3, 0.4) is 0 Å². The lowest BCUT2D eigenvalue weighted by atomic mass is 10.0. The molecule has 0 amide bonds. The molecule has 0 aliphatic heterocycles. The van der Waals surface area contributed by atoms with Crippen molar-refractivity contribution < 1.29 is 53.7 Å². The highest BCUT2D eigenvalue weighted by Crippen LogP contribution is 2.43. The largest absolute Gasteiger partial charge is 0.573 e. The molecule has 2 N–H and O–H groups in total. The lowest BCUT2D eigenvalue weighted by Crippen LogP contribution is -2.24. The van der Waals surface area contributed by atoms with E-state index in [0.717, 1.165) is 0 Å². The van der Waals surface area contributed by atoms with Crippen LogP contribution >= 0.6 is 0 Å². The highest BCUT2D eigenvalue weighted by molar-refractivity contribution is 5.52. The molecule has 0 spiro atoms. The zero-order valence-corrected chi connectivity index (χ0v) is 12.1. The van der Waals surface area contributed by atoms with Crippen molar-refractivity contribution in [2.24, 2.45) is 5.73 Å². The minimum Gasteiger partial charge on any atom is -0.406 e. The molecule has 1 atom stereocenters. The van der Waals surface area contributed by atoms with Crippen molar-refractivity contribution in [3.63, 3.8) is 0 Å². The Morgan fingerprint density at radius 1 is 0.800 bits per heavy atom. The normalized spacial score (nSPS) is 14.2. The maximum atomic E-state index is 12.4. The molecule has 0 bridgehead atoms.